The molecule has 1 fully saturated rings. The number of pyridine rings is 1. The van der Waals surface area contributed by atoms with Gasteiger partial charge in [-0.1, -0.05) is 18.2 Å². The molecule has 0 radical (unpaired) electrons. The standard InChI is InChI=1S/C21H20N4O.ClH/c1-14-19-17-6-2-3-7-18(17)21(26)22-20(19)25(23-14)16-10-8-15(9-11-16)24-12-4-5-13-24;/h2-3,6-11H,4-5,12-13H2,1H3,(H,22,26);1H. The molecule has 0 bridgehead atoms. The van der Waals surface area contributed by atoms with E-state index in [1.807, 2.05) is 35.9 Å². The van der Waals surface area contributed by atoms with Crippen molar-refractivity contribution < 1.29 is 0 Å². The number of hydrogen-bond donors (Lipinski definition) is 1. The van der Waals surface area contributed by atoms with E-state index in [9.17, 15) is 4.79 Å². The number of hydrogen-bond acceptors (Lipinski definition) is 3. The quantitative estimate of drug-likeness (QED) is 0.567. The minimum atomic E-state index is -0.0806. The molecule has 1 saturated heterocycles. The molecule has 0 saturated carbocycles. The molecule has 3 heterocycles. The van der Waals surface area contributed by atoms with Crippen molar-refractivity contribution in [1.29, 1.82) is 0 Å². The smallest absolute Gasteiger partial charge is 0.257 e. The van der Waals surface area contributed by atoms with Gasteiger partial charge < -0.3 is 9.88 Å². The second kappa shape index (κ2) is 6.74. The van der Waals surface area contributed by atoms with Crippen LogP contribution in [0.25, 0.3) is 27.5 Å². The molecule has 6 heteroatoms. The summed E-state index contributed by atoms with van der Waals surface area (Å²) in [5, 5.41) is 7.36. The van der Waals surface area contributed by atoms with Crippen molar-refractivity contribution in [3.8, 4) is 5.69 Å². The highest BCUT2D eigenvalue weighted by Gasteiger charge is 2.16. The average molecular weight is 381 g/mol. The Morgan fingerprint density at radius 2 is 1.56 bits per heavy atom. The first-order valence-electron chi connectivity index (χ1n) is 9.08. The molecule has 0 unspecified atom stereocenters. The monoisotopic (exact) mass is 380 g/mol. The Hall–Kier alpha value is -2.79. The predicted octanol–water partition coefficient (Wildman–Crippen LogP) is 4.20. The van der Waals surface area contributed by atoms with Gasteiger partial charge in [0.2, 0.25) is 0 Å². The molecule has 5 rings (SSSR count). The summed E-state index contributed by atoms with van der Waals surface area (Å²) >= 11 is 0. The van der Waals surface area contributed by atoms with E-state index in [1.54, 1.807) is 0 Å². The van der Waals surface area contributed by atoms with Crippen molar-refractivity contribution in [3.05, 3.63) is 64.6 Å². The third-order valence-electron chi connectivity index (χ3n) is 5.30. The topological polar surface area (TPSA) is 53.9 Å². The Kier molecular flexibility index (Phi) is 4.40. The Morgan fingerprint density at radius 1 is 0.926 bits per heavy atom. The zero-order chi connectivity index (χ0) is 17.7. The lowest BCUT2D eigenvalue weighted by atomic mass is 10.1. The van der Waals surface area contributed by atoms with Gasteiger partial charge in [-0.15, -0.1) is 12.4 Å². The Labute approximate surface area is 163 Å². The number of nitrogens with one attached hydrogen (secondary N) is 1. The van der Waals surface area contributed by atoms with Crippen molar-refractivity contribution in [2.75, 3.05) is 18.0 Å². The molecule has 2 aromatic heterocycles. The van der Waals surface area contributed by atoms with Crippen molar-refractivity contribution in [1.82, 2.24) is 14.8 Å². The molecule has 0 spiro atoms. The average Bonchev–Trinajstić information content (AvgIpc) is 3.31. The molecule has 0 amide bonds. The Balaban J connectivity index is 0.00000180. The van der Waals surface area contributed by atoms with Crippen LogP contribution in [0.2, 0.25) is 0 Å². The molecule has 0 atom stereocenters. The zero-order valence-electron chi connectivity index (χ0n) is 15.1. The van der Waals surface area contributed by atoms with Gasteiger partial charge in [0, 0.05) is 34.9 Å². The number of anilines is 1. The van der Waals surface area contributed by atoms with Crippen LogP contribution < -0.4 is 10.5 Å². The van der Waals surface area contributed by atoms with E-state index in [4.69, 9.17) is 5.10 Å². The van der Waals surface area contributed by atoms with E-state index >= 15 is 0 Å². The highest BCUT2D eigenvalue weighted by molar-refractivity contribution is 6.05. The van der Waals surface area contributed by atoms with Gasteiger partial charge in [0.1, 0.15) is 5.65 Å². The maximum Gasteiger partial charge on any atom is 0.257 e. The second-order valence-corrected chi connectivity index (χ2v) is 6.93. The van der Waals surface area contributed by atoms with Gasteiger partial charge >= 0.3 is 0 Å². The molecule has 4 aromatic rings. The van der Waals surface area contributed by atoms with E-state index in [1.165, 1.54) is 18.5 Å². The minimum absolute atomic E-state index is 0. The summed E-state index contributed by atoms with van der Waals surface area (Å²) in [6.45, 7) is 4.24. The largest absolute Gasteiger partial charge is 0.372 e. The van der Waals surface area contributed by atoms with Crippen molar-refractivity contribution in [2.24, 2.45) is 0 Å². The summed E-state index contributed by atoms with van der Waals surface area (Å²) in [5.41, 5.74) is 3.79. The van der Waals surface area contributed by atoms with Crippen molar-refractivity contribution in [2.45, 2.75) is 19.8 Å². The lowest BCUT2D eigenvalue weighted by Gasteiger charge is -2.17. The number of benzene rings is 2. The maximum atomic E-state index is 12.5. The zero-order valence-corrected chi connectivity index (χ0v) is 15.9. The van der Waals surface area contributed by atoms with Gasteiger partial charge in [-0.3, -0.25) is 4.79 Å². The van der Waals surface area contributed by atoms with Crippen LogP contribution in [-0.2, 0) is 0 Å². The van der Waals surface area contributed by atoms with E-state index in [2.05, 4.69) is 34.1 Å². The fraction of sp³-hybridized carbons (Fsp3) is 0.238. The van der Waals surface area contributed by atoms with Gasteiger partial charge in [0.15, 0.2) is 0 Å². The number of aromatic nitrogens is 3. The van der Waals surface area contributed by atoms with Crippen molar-refractivity contribution >= 4 is 39.9 Å². The Bertz CT molecular complexity index is 1170. The number of H-pyrrole nitrogens is 1. The number of aromatic amines is 1. The molecule has 1 N–H and O–H groups in total. The molecule has 5 nitrogen and oxygen atoms in total. The number of nitrogens with zero attached hydrogens (tertiary/aromatic N) is 3. The fourth-order valence-electron chi connectivity index (χ4n) is 4.01. The van der Waals surface area contributed by atoms with Crippen LogP contribution in [0, 0.1) is 6.92 Å². The molecule has 1 aliphatic rings. The molecule has 2 aromatic carbocycles. The van der Waals surface area contributed by atoms with Gasteiger partial charge in [-0.25, -0.2) is 4.68 Å². The van der Waals surface area contributed by atoms with E-state index in [-0.39, 0.29) is 18.0 Å². The first kappa shape index (κ1) is 17.6. The third-order valence-corrected chi connectivity index (χ3v) is 5.30. The van der Waals surface area contributed by atoms with Crippen molar-refractivity contribution in [3.63, 3.8) is 0 Å². The summed E-state index contributed by atoms with van der Waals surface area (Å²) < 4.78 is 1.84. The molecule has 0 aliphatic carbocycles. The van der Waals surface area contributed by atoms with E-state index in [0.29, 0.717) is 5.39 Å². The van der Waals surface area contributed by atoms with Crippen LogP contribution in [0.3, 0.4) is 0 Å². The predicted molar refractivity (Wildman–Crippen MR) is 113 cm³/mol. The van der Waals surface area contributed by atoms with Gasteiger partial charge in [-0.2, -0.15) is 5.10 Å². The lowest BCUT2D eigenvalue weighted by Crippen LogP contribution is -2.17. The number of rotatable bonds is 2. The lowest BCUT2D eigenvalue weighted by molar-refractivity contribution is 0.874. The summed E-state index contributed by atoms with van der Waals surface area (Å²) in [7, 11) is 0. The Morgan fingerprint density at radius 3 is 2.26 bits per heavy atom. The van der Waals surface area contributed by atoms with E-state index in [0.717, 1.165) is 40.9 Å². The SMILES string of the molecule is Cc1nn(-c2ccc(N3CCCC3)cc2)c2[nH]c(=O)c3ccccc3c12.Cl. The minimum Gasteiger partial charge on any atom is -0.372 e. The molecular formula is C21H21ClN4O. The van der Waals surface area contributed by atoms with Gasteiger partial charge in [0.25, 0.3) is 5.56 Å². The van der Waals surface area contributed by atoms with Gasteiger partial charge in [-0.05, 0) is 50.1 Å². The molecule has 27 heavy (non-hydrogen) atoms. The third kappa shape index (κ3) is 2.79. The van der Waals surface area contributed by atoms with Crippen LogP contribution in [0.5, 0.6) is 0 Å². The summed E-state index contributed by atoms with van der Waals surface area (Å²) in [6.07, 6.45) is 2.53. The summed E-state index contributed by atoms with van der Waals surface area (Å²) in [5.74, 6) is 0. The highest BCUT2D eigenvalue weighted by Crippen LogP contribution is 2.27. The number of aryl methyl sites for hydroxylation is 1. The van der Waals surface area contributed by atoms with Crippen LogP contribution in [0.15, 0.2) is 53.3 Å². The van der Waals surface area contributed by atoms with Crippen LogP contribution in [0.4, 0.5) is 5.69 Å². The summed E-state index contributed by atoms with van der Waals surface area (Å²) in [6, 6.07) is 16.1. The first-order valence-corrected chi connectivity index (χ1v) is 9.08. The van der Waals surface area contributed by atoms with Crippen LogP contribution >= 0.6 is 12.4 Å². The fourth-order valence-corrected chi connectivity index (χ4v) is 4.01. The maximum absolute atomic E-state index is 12.5. The number of fused-ring (bicyclic) bond motifs is 3. The second-order valence-electron chi connectivity index (χ2n) is 6.93. The summed E-state index contributed by atoms with van der Waals surface area (Å²) in [4.78, 5) is 17.9. The van der Waals surface area contributed by atoms with E-state index < -0.39 is 0 Å². The highest BCUT2D eigenvalue weighted by atomic mass is 35.5. The molecular weight excluding hydrogens is 360 g/mol. The number of halogens is 1. The van der Waals surface area contributed by atoms with Crippen LogP contribution in [-0.4, -0.2) is 27.9 Å². The molecule has 138 valence electrons. The normalized spacial score (nSPS) is 14.0. The molecule has 1 aliphatic heterocycles. The van der Waals surface area contributed by atoms with Crippen LogP contribution in [0.1, 0.15) is 18.5 Å². The van der Waals surface area contributed by atoms with Gasteiger partial charge in [0.05, 0.1) is 11.4 Å². The first-order chi connectivity index (χ1) is 12.7.